The van der Waals surface area contributed by atoms with Crippen molar-refractivity contribution < 1.29 is 0 Å². The summed E-state index contributed by atoms with van der Waals surface area (Å²) in [6.07, 6.45) is 5.61. The molecule has 190 valence electrons. The SMILES string of the molecule is CC(C)(C)Cc1c[nH]c2ccccc12.CC(C)(C)Cc1ccccc1.CC(C)(C)Cc1ccsc1. The standard InChI is InChI=1S/C13H17N.C11H16.C9H14S/c1-13(2,3)8-10-9-14-12-7-5-4-6-11(10)12;1-11(2,3)9-10-7-5-4-6-8-10;1-9(2,3)6-8-4-5-10-7-8/h4-7,9,14H,8H2,1-3H3;4-8H,9H2,1-3H3;4-5,7H,6H2,1-3H3. The molecule has 35 heavy (non-hydrogen) atoms. The minimum absolute atomic E-state index is 0.352. The van der Waals surface area contributed by atoms with Crippen LogP contribution in [0, 0.1) is 16.2 Å². The Morgan fingerprint density at radius 2 is 1.14 bits per heavy atom. The van der Waals surface area contributed by atoms with Gasteiger partial charge in [-0.05, 0) is 75.1 Å². The normalized spacial score (nSPS) is 11.9. The van der Waals surface area contributed by atoms with E-state index in [1.165, 1.54) is 34.0 Å². The number of benzene rings is 2. The lowest BCUT2D eigenvalue weighted by molar-refractivity contribution is 0.411. The van der Waals surface area contributed by atoms with Crippen molar-refractivity contribution in [2.24, 2.45) is 16.2 Å². The maximum Gasteiger partial charge on any atom is 0.0456 e. The van der Waals surface area contributed by atoms with Crippen molar-refractivity contribution >= 4 is 22.2 Å². The summed E-state index contributed by atoms with van der Waals surface area (Å²) in [7, 11) is 0. The highest BCUT2D eigenvalue weighted by molar-refractivity contribution is 7.07. The number of fused-ring (bicyclic) bond motifs is 1. The molecule has 0 fully saturated rings. The quantitative estimate of drug-likeness (QED) is 0.294. The third kappa shape index (κ3) is 12.3. The summed E-state index contributed by atoms with van der Waals surface area (Å²) in [5.41, 5.74) is 6.75. The Labute approximate surface area is 219 Å². The number of aromatic amines is 1. The Morgan fingerprint density at radius 1 is 0.600 bits per heavy atom. The first-order chi connectivity index (χ1) is 16.2. The smallest absolute Gasteiger partial charge is 0.0456 e. The summed E-state index contributed by atoms with van der Waals surface area (Å²) in [5, 5.41) is 5.73. The average molecular weight is 490 g/mol. The molecule has 2 heteroatoms. The Kier molecular flexibility index (Phi) is 10.4. The predicted octanol–water partition coefficient (Wildman–Crippen LogP) is 10.4. The van der Waals surface area contributed by atoms with E-state index in [1.54, 1.807) is 11.3 Å². The molecule has 0 aliphatic rings. The second kappa shape index (κ2) is 12.6. The minimum Gasteiger partial charge on any atom is -0.361 e. The third-order valence-electron chi connectivity index (χ3n) is 5.29. The van der Waals surface area contributed by atoms with Gasteiger partial charge in [0.2, 0.25) is 0 Å². The Hall–Kier alpha value is -2.32. The van der Waals surface area contributed by atoms with Crippen molar-refractivity contribution in [1.82, 2.24) is 4.98 Å². The molecule has 0 amide bonds. The van der Waals surface area contributed by atoms with E-state index in [4.69, 9.17) is 0 Å². The summed E-state index contributed by atoms with van der Waals surface area (Å²) >= 11 is 1.78. The Balaban J connectivity index is 0.000000189. The molecule has 0 aliphatic carbocycles. The lowest BCUT2D eigenvalue weighted by Gasteiger charge is -2.17. The molecule has 0 unspecified atom stereocenters. The monoisotopic (exact) mass is 489 g/mol. The highest BCUT2D eigenvalue weighted by Gasteiger charge is 2.14. The van der Waals surface area contributed by atoms with Crippen LogP contribution in [0.3, 0.4) is 0 Å². The second-order valence-corrected chi connectivity index (χ2v) is 14.0. The number of hydrogen-bond acceptors (Lipinski definition) is 1. The van der Waals surface area contributed by atoms with Crippen molar-refractivity contribution in [1.29, 1.82) is 0 Å². The van der Waals surface area contributed by atoms with Gasteiger partial charge in [0, 0.05) is 17.1 Å². The van der Waals surface area contributed by atoms with Crippen molar-refractivity contribution in [2.75, 3.05) is 0 Å². The van der Waals surface area contributed by atoms with E-state index in [0.717, 1.165) is 12.8 Å². The molecule has 0 spiro atoms. The molecule has 2 heterocycles. The molecule has 4 aromatic rings. The van der Waals surface area contributed by atoms with Gasteiger partial charge < -0.3 is 4.98 Å². The van der Waals surface area contributed by atoms with Gasteiger partial charge in [-0.25, -0.2) is 0 Å². The van der Waals surface area contributed by atoms with Crippen LogP contribution < -0.4 is 0 Å². The lowest BCUT2D eigenvalue weighted by Crippen LogP contribution is -2.08. The van der Waals surface area contributed by atoms with Gasteiger partial charge in [-0.1, -0.05) is 111 Å². The van der Waals surface area contributed by atoms with Gasteiger partial charge in [0.05, 0.1) is 0 Å². The Morgan fingerprint density at radius 3 is 1.69 bits per heavy atom. The molecule has 1 N–H and O–H groups in total. The number of H-pyrrole nitrogens is 1. The first-order valence-corrected chi connectivity index (χ1v) is 13.8. The molecular formula is C33H47NS. The molecule has 0 bridgehead atoms. The number of nitrogens with one attached hydrogen (secondary N) is 1. The van der Waals surface area contributed by atoms with Crippen molar-refractivity contribution in [3.63, 3.8) is 0 Å². The van der Waals surface area contributed by atoms with E-state index < -0.39 is 0 Å². The molecule has 0 saturated carbocycles. The van der Waals surface area contributed by atoms with E-state index in [2.05, 4.69) is 145 Å². The van der Waals surface area contributed by atoms with E-state index in [0.29, 0.717) is 16.2 Å². The van der Waals surface area contributed by atoms with E-state index in [1.807, 2.05) is 0 Å². The zero-order valence-electron chi connectivity index (χ0n) is 23.5. The van der Waals surface area contributed by atoms with Gasteiger partial charge in [0.25, 0.3) is 0 Å². The largest absolute Gasteiger partial charge is 0.361 e. The highest BCUT2D eigenvalue weighted by atomic mass is 32.1. The van der Waals surface area contributed by atoms with Crippen LogP contribution in [0.25, 0.3) is 10.9 Å². The van der Waals surface area contributed by atoms with Gasteiger partial charge in [0.1, 0.15) is 0 Å². The molecular weight excluding hydrogens is 442 g/mol. The highest BCUT2D eigenvalue weighted by Crippen LogP contribution is 2.26. The summed E-state index contributed by atoms with van der Waals surface area (Å²) in [6, 6.07) is 21.3. The van der Waals surface area contributed by atoms with Crippen LogP contribution in [0.4, 0.5) is 0 Å². The summed E-state index contributed by atoms with van der Waals surface area (Å²) in [4.78, 5) is 3.31. The fraction of sp³-hybridized carbons (Fsp3) is 0.455. The molecule has 2 aromatic heterocycles. The van der Waals surface area contributed by atoms with E-state index in [-0.39, 0.29) is 0 Å². The molecule has 1 nitrogen and oxygen atoms in total. The van der Waals surface area contributed by atoms with Crippen molar-refractivity contribution in [3.05, 3.63) is 94.3 Å². The lowest BCUT2D eigenvalue weighted by atomic mass is 9.88. The van der Waals surface area contributed by atoms with Gasteiger partial charge in [-0.2, -0.15) is 11.3 Å². The number of para-hydroxylation sites is 1. The van der Waals surface area contributed by atoms with Crippen LogP contribution in [-0.4, -0.2) is 4.98 Å². The third-order valence-corrected chi connectivity index (χ3v) is 6.02. The maximum atomic E-state index is 3.31. The summed E-state index contributed by atoms with van der Waals surface area (Å²) in [5.74, 6) is 0. The zero-order chi connectivity index (χ0) is 26.1. The number of aromatic nitrogens is 1. The van der Waals surface area contributed by atoms with Crippen LogP contribution in [0.5, 0.6) is 0 Å². The topological polar surface area (TPSA) is 15.8 Å². The van der Waals surface area contributed by atoms with Gasteiger partial charge in [-0.15, -0.1) is 0 Å². The first-order valence-electron chi connectivity index (χ1n) is 12.8. The first kappa shape index (κ1) is 28.9. The number of rotatable bonds is 3. The molecule has 0 atom stereocenters. The fourth-order valence-corrected chi connectivity index (χ4v) is 4.73. The maximum absolute atomic E-state index is 3.31. The van der Waals surface area contributed by atoms with Crippen LogP contribution >= 0.6 is 11.3 Å². The molecule has 4 rings (SSSR count). The zero-order valence-corrected chi connectivity index (χ0v) is 24.4. The van der Waals surface area contributed by atoms with Gasteiger partial charge in [0.15, 0.2) is 0 Å². The van der Waals surface area contributed by atoms with E-state index >= 15 is 0 Å². The van der Waals surface area contributed by atoms with Crippen LogP contribution in [-0.2, 0) is 19.3 Å². The average Bonchev–Trinajstić information content (AvgIpc) is 3.36. The minimum atomic E-state index is 0.352. The van der Waals surface area contributed by atoms with E-state index in [9.17, 15) is 0 Å². The van der Waals surface area contributed by atoms with Crippen molar-refractivity contribution in [2.45, 2.75) is 81.6 Å². The second-order valence-electron chi connectivity index (χ2n) is 13.2. The fourth-order valence-electron chi connectivity index (χ4n) is 4.06. The summed E-state index contributed by atoms with van der Waals surface area (Å²) in [6.45, 7) is 20.4. The molecule has 0 radical (unpaired) electrons. The van der Waals surface area contributed by atoms with Gasteiger partial charge in [-0.3, -0.25) is 0 Å². The van der Waals surface area contributed by atoms with Crippen LogP contribution in [0.15, 0.2) is 77.6 Å². The number of hydrogen-bond donors (Lipinski definition) is 1. The van der Waals surface area contributed by atoms with Crippen LogP contribution in [0.2, 0.25) is 0 Å². The molecule has 0 aliphatic heterocycles. The van der Waals surface area contributed by atoms with Crippen LogP contribution in [0.1, 0.15) is 79.0 Å². The molecule has 0 saturated heterocycles. The van der Waals surface area contributed by atoms with Crippen molar-refractivity contribution in [3.8, 4) is 0 Å². The number of thiophene rings is 1. The van der Waals surface area contributed by atoms with Gasteiger partial charge >= 0.3 is 0 Å². The predicted molar refractivity (Wildman–Crippen MR) is 159 cm³/mol. The summed E-state index contributed by atoms with van der Waals surface area (Å²) < 4.78 is 0. The Bertz CT molecular complexity index is 1100. The molecule has 2 aromatic carbocycles.